The van der Waals surface area contributed by atoms with Crippen molar-refractivity contribution in [3.63, 3.8) is 0 Å². The lowest BCUT2D eigenvalue weighted by atomic mass is 10.0. The van der Waals surface area contributed by atoms with Gasteiger partial charge in [-0.15, -0.1) is 0 Å². The van der Waals surface area contributed by atoms with Crippen molar-refractivity contribution in [3.8, 4) is 0 Å². The van der Waals surface area contributed by atoms with E-state index in [9.17, 15) is 9.59 Å². The largest absolute Gasteiger partial charge is 0.343 e. The maximum Gasteiger partial charge on any atom is 0.279 e. The molecular weight excluding hydrogens is 260 g/mol. The van der Waals surface area contributed by atoms with E-state index in [0.717, 1.165) is 0 Å². The third kappa shape index (κ3) is 3.50. The van der Waals surface area contributed by atoms with Crippen LogP contribution < -0.4 is 5.32 Å². The lowest BCUT2D eigenvalue weighted by Gasteiger charge is -2.24. The van der Waals surface area contributed by atoms with Crippen LogP contribution >= 0.6 is 11.8 Å². The molecule has 1 aromatic rings. The van der Waals surface area contributed by atoms with Gasteiger partial charge in [0.2, 0.25) is 5.91 Å². The Labute approximate surface area is 117 Å². The Morgan fingerprint density at radius 2 is 2.16 bits per heavy atom. The predicted molar refractivity (Wildman–Crippen MR) is 77.3 cm³/mol. The zero-order valence-corrected chi connectivity index (χ0v) is 11.9. The van der Waals surface area contributed by atoms with Gasteiger partial charge in [0.15, 0.2) is 0 Å². The summed E-state index contributed by atoms with van der Waals surface area (Å²) in [6, 6.07) is 9.75. The van der Waals surface area contributed by atoms with E-state index in [2.05, 4.69) is 24.4 Å². The molecule has 1 aromatic carbocycles. The van der Waals surface area contributed by atoms with E-state index in [1.54, 1.807) is 11.9 Å². The molecule has 0 saturated carbocycles. The number of benzene rings is 1. The second kappa shape index (κ2) is 6.10. The molecule has 1 heterocycles. The molecule has 2 amide bonds. The topological polar surface area (TPSA) is 49.4 Å². The third-order valence-corrected chi connectivity index (χ3v) is 4.14. The van der Waals surface area contributed by atoms with Gasteiger partial charge in [0.05, 0.1) is 0 Å². The van der Waals surface area contributed by atoms with Crippen molar-refractivity contribution in [2.75, 3.05) is 19.3 Å². The second-order valence-electron chi connectivity index (χ2n) is 4.83. The van der Waals surface area contributed by atoms with E-state index in [0.29, 0.717) is 12.3 Å². The first kappa shape index (κ1) is 13.9. The zero-order chi connectivity index (χ0) is 13.8. The van der Waals surface area contributed by atoms with E-state index in [1.165, 1.54) is 17.3 Å². The van der Waals surface area contributed by atoms with E-state index in [4.69, 9.17) is 0 Å². The molecule has 0 aromatic heterocycles. The van der Waals surface area contributed by atoms with Crippen LogP contribution in [0.15, 0.2) is 30.3 Å². The number of carbonyl (C=O) groups is 2. The van der Waals surface area contributed by atoms with Crippen molar-refractivity contribution in [1.82, 2.24) is 10.2 Å². The van der Waals surface area contributed by atoms with Crippen LogP contribution in [0.2, 0.25) is 0 Å². The van der Waals surface area contributed by atoms with Crippen LogP contribution in [0.1, 0.15) is 18.4 Å². The Hall–Kier alpha value is -1.49. The Morgan fingerprint density at radius 1 is 1.47 bits per heavy atom. The predicted octanol–water partition coefficient (Wildman–Crippen LogP) is 2.07. The van der Waals surface area contributed by atoms with Gasteiger partial charge in [-0.3, -0.25) is 9.59 Å². The number of amides is 2. The summed E-state index contributed by atoms with van der Waals surface area (Å²) < 4.78 is 0. The summed E-state index contributed by atoms with van der Waals surface area (Å²) in [6.07, 6.45) is 0. The molecule has 5 heteroatoms. The fourth-order valence-corrected chi connectivity index (χ4v) is 2.94. The highest BCUT2D eigenvalue weighted by atomic mass is 32.2. The lowest BCUT2D eigenvalue weighted by Crippen LogP contribution is -2.44. The van der Waals surface area contributed by atoms with Gasteiger partial charge in [-0.25, -0.2) is 0 Å². The number of hydrogen-bond donors (Lipinski definition) is 1. The smallest absolute Gasteiger partial charge is 0.279 e. The van der Waals surface area contributed by atoms with Crippen LogP contribution in [-0.2, 0) is 4.79 Å². The molecule has 19 heavy (non-hydrogen) atoms. The minimum Gasteiger partial charge on any atom is -0.343 e. The van der Waals surface area contributed by atoms with Crippen LogP contribution in [0.4, 0.5) is 4.79 Å². The molecule has 2 rings (SSSR count). The fraction of sp³-hybridized carbons (Fsp3) is 0.429. The summed E-state index contributed by atoms with van der Waals surface area (Å²) in [7, 11) is 1.79. The minimum absolute atomic E-state index is 0.0128. The average Bonchev–Trinajstić information content (AvgIpc) is 2.85. The van der Waals surface area contributed by atoms with Crippen molar-refractivity contribution < 1.29 is 9.59 Å². The minimum atomic E-state index is -0.370. The Morgan fingerprint density at radius 3 is 2.74 bits per heavy atom. The van der Waals surface area contributed by atoms with E-state index in [-0.39, 0.29) is 23.1 Å². The van der Waals surface area contributed by atoms with Crippen molar-refractivity contribution in [1.29, 1.82) is 0 Å². The molecule has 1 saturated heterocycles. The summed E-state index contributed by atoms with van der Waals surface area (Å²) in [6.45, 7) is 2.75. The number of carbonyl (C=O) groups excluding carboxylic acids is 2. The first-order valence-corrected chi connectivity index (χ1v) is 7.29. The van der Waals surface area contributed by atoms with Crippen LogP contribution in [0, 0.1) is 0 Å². The van der Waals surface area contributed by atoms with Crippen LogP contribution in [-0.4, -0.2) is 41.4 Å². The fourth-order valence-electron chi connectivity index (χ4n) is 2.17. The highest BCUT2D eigenvalue weighted by Crippen LogP contribution is 2.18. The van der Waals surface area contributed by atoms with Crippen molar-refractivity contribution in [3.05, 3.63) is 35.9 Å². The number of rotatable bonds is 4. The highest BCUT2D eigenvalue weighted by Gasteiger charge is 2.30. The lowest BCUT2D eigenvalue weighted by molar-refractivity contribution is -0.131. The van der Waals surface area contributed by atoms with Gasteiger partial charge in [-0.1, -0.05) is 49.0 Å². The molecule has 0 spiro atoms. The molecule has 4 nitrogen and oxygen atoms in total. The Kier molecular flexibility index (Phi) is 4.47. The van der Waals surface area contributed by atoms with Crippen molar-refractivity contribution in [2.45, 2.75) is 18.9 Å². The highest BCUT2D eigenvalue weighted by molar-refractivity contribution is 8.14. The summed E-state index contributed by atoms with van der Waals surface area (Å²) >= 11 is 1.17. The van der Waals surface area contributed by atoms with Crippen LogP contribution in [0.3, 0.4) is 0 Å². The summed E-state index contributed by atoms with van der Waals surface area (Å²) in [5.41, 5.74) is 1.21. The molecule has 2 atom stereocenters. The van der Waals surface area contributed by atoms with Gasteiger partial charge >= 0.3 is 0 Å². The SMILES string of the molecule is CC(CN(C)C(=O)C1CSC(=O)N1)c1ccccc1. The summed E-state index contributed by atoms with van der Waals surface area (Å²) in [5.74, 6) is 0.794. The first-order chi connectivity index (χ1) is 9.08. The van der Waals surface area contributed by atoms with Crippen LogP contribution in [0.5, 0.6) is 0 Å². The van der Waals surface area contributed by atoms with Gasteiger partial charge < -0.3 is 10.2 Å². The summed E-state index contributed by atoms with van der Waals surface area (Å²) in [4.78, 5) is 25.0. The van der Waals surface area contributed by atoms with E-state index in [1.807, 2.05) is 18.2 Å². The Bertz CT molecular complexity index is 464. The van der Waals surface area contributed by atoms with E-state index < -0.39 is 0 Å². The zero-order valence-electron chi connectivity index (χ0n) is 11.1. The number of thioether (sulfide) groups is 1. The maximum absolute atomic E-state index is 12.2. The third-order valence-electron chi connectivity index (χ3n) is 3.26. The number of nitrogens with zero attached hydrogens (tertiary/aromatic N) is 1. The molecule has 0 bridgehead atoms. The molecular formula is C14H18N2O2S. The number of nitrogens with one attached hydrogen (secondary N) is 1. The quantitative estimate of drug-likeness (QED) is 0.917. The second-order valence-corrected chi connectivity index (χ2v) is 5.82. The molecule has 102 valence electrons. The van der Waals surface area contributed by atoms with Gasteiger partial charge in [0.1, 0.15) is 6.04 Å². The van der Waals surface area contributed by atoms with E-state index >= 15 is 0 Å². The normalized spacial score (nSPS) is 19.9. The molecule has 1 aliphatic heterocycles. The molecule has 1 N–H and O–H groups in total. The standard InChI is InChI=1S/C14H18N2O2S/c1-10(11-6-4-3-5-7-11)8-16(2)13(17)12-9-19-14(18)15-12/h3-7,10,12H,8-9H2,1-2H3,(H,15,18). The average molecular weight is 278 g/mol. The van der Waals surface area contributed by atoms with Crippen LogP contribution in [0.25, 0.3) is 0 Å². The van der Waals surface area contributed by atoms with Crippen molar-refractivity contribution in [2.24, 2.45) is 0 Å². The van der Waals surface area contributed by atoms with Gasteiger partial charge in [0, 0.05) is 19.3 Å². The molecule has 2 unspecified atom stereocenters. The number of hydrogen-bond acceptors (Lipinski definition) is 3. The van der Waals surface area contributed by atoms with Gasteiger partial charge in [-0.05, 0) is 11.5 Å². The first-order valence-electron chi connectivity index (χ1n) is 6.31. The summed E-state index contributed by atoms with van der Waals surface area (Å²) in [5, 5.41) is 2.57. The van der Waals surface area contributed by atoms with Crippen molar-refractivity contribution >= 4 is 22.9 Å². The molecule has 0 radical (unpaired) electrons. The molecule has 0 aliphatic carbocycles. The van der Waals surface area contributed by atoms with Gasteiger partial charge in [-0.2, -0.15) is 0 Å². The Balaban J connectivity index is 1.92. The molecule has 1 fully saturated rings. The number of likely N-dealkylation sites (N-methyl/N-ethyl adjacent to an activating group) is 1. The van der Waals surface area contributed by atoms with Gasteiger partial charge in [0.25, 0.3) is 5.24 Å². The maximum atomic E-state index is 12.2. The monoisotopic (exact) mass is 278 g/mol. The molecule has 1 aliphatic rings.